The number of halogens is 2. The monoisotopic (exact) mass is 296 g/mol. The minimum absolute atomic E-state index is 0.0310. The zero-order valence-electron chi connectivity index (χ0n) is 11.6. The smallest absolute Gasteiger partial charge is 0.341 e. The predicted molar refractivity (Wildman–Crippen MR) is 69.9 cm³/mol. The summed E-state index contributed by atoms with van der Waals surface area (Å²) in [6.45, 7) is 1.87. The van der Waals surface area contributed by atoms with Crippen molar-refractivity contribution in [2.24, 2.45) is 7.05 Å². The van der Waals surface area contributed by atoms with Crippen molar-refractivity contribution in [3.63, 3.8) is 0 Å². The third-order valence-electron chi connectivity index (χ3n) is 2.77. The van der Waals surface area contributed by atoms with E-state index in [-0.39, 0.29) is 24.5 Å². The highest BCUT2D eigenvalue weighted by molar-refractivity contribution is 5.90. The lowest BCUT2D eigenvalue weighted by Crippen LogP contribution is -2.11. The molecule has 0 saturated carbocycles. The summed E-state index contributed by atoms with van der Waals surface area (Å²) in [5.41, 5.74) is 0.717. The normalized spacial score (nSPS) is 10.5. The molecule has 2 rings (SSSR count). The van der Waals surface area contributed by atoms with E-state index < -0.39 is 17.6 Å². The van der Waals surface area contributed by atoms with Gasteiger partial charge in [0.05, 0.1) is 18.5 Å². The topological polar surface area (TPSA) is 53.3 Å². The molecule has 0 spiro atoms. The Morgan fingerprint density at radius 3 is 2.57 bits per heavy atom. The quantitative estimate of drug-likeness (QED) is 0.795. The van der Waals surface area contributed by atoms with Gasteiger partial charge in [-0.25, -0.2) is 13.6 Å². The minimum atomic E-state index is -0.736. The SMILES string of the molecule is CCOC(=O)c1cnn(C)c1COc1cc(F)cc(F)c1. The van der Waals surface area contributed by atoms with Crippen LogP contribution in [-0.2, 0) is 18.4 Å². The van der Waals surface area contributed by atoms with Crippen LogP contribution in [0.25, 0.3) is 0 Å². The van der Waals surface area contributed by atoms with Crippen LogP contribution in [0.1, 0.15) is 23.0 Å². The Morgan fingerprint density at radius 1 is 1.29 bits per heavy atom. The highest BCUT2D eigenvalue weighted by Gasteiger charge is 2.17. The number of aryl methyl sites for hydroxylation is 1. The van der Waals surface area contributed by atoms with Gasteiger partial charge in [-0.3, -0.25) is 4.68 Å². The second-order valence-corrected chi connectivity index (χ2v) is 4.24. The van der Waals surface area contributed by atoms with Crippen molar-refractivity contribution < 1.29 is 23.0 Å². The van der Waals surface area contributed by atoms with Gasteiger partial charge >= 0.3 is 5.97 Å². The van der Waals surface area contributed by atoms with E-state index in [4.69, 9.17) is 9.47 Å². The van der Waals surface area contributed by atoms with Gasteiger partial charge in [0.15, 0.2) is 0 Å². The zero-order valence-corrected chi connectivity index (χ0v) is 11.6. The number of carbonyl (C=O) groups excluding carboxylic acids is 1. The first-order valence-corrected chi connectivity index (χ1v) is 6.28. The first kappa shape index (κ1) is 15.0. The van der Waals surface area contributed by atoms with Crippen molar-refractivity contribution in [3.8, 4) is 5.75 Å². The molecule has 112 valence electrons. The van der Waals surface area contributed by atoms with Crippen LogP contribution in [0.4, 0.5) is 8.78 Å². The number of aromatic nitrogens is 2. The number of carbonyl (C=O) groups is 1. The molecule has 7 heteroatoms. The molecule has 1 aromatic carbocycles. The Balaban J connectivity index is 2.16. The van der Waals surface area contributed by atoms with Gasteiger partial charge in [0.25, 0.3) is 0 Å². The average Bonchev–Trinajstić information content (AvgIpc) is 2.77. The van der Waals surface area contributed by atoms with E-state index in [0.717, 1.165) is 18.2 Å². The second-order valence-electron chi connectivity index (χ2n) is 4.24. The van der Waals surface area contributed by atoms with Gasteiger partial charge in [0.1, 0.15) is 29.6 Å². The molecule has 0 fully saturated rings. The van der Waals surface area contributed by atoms with E-state index in [1.54, 1.807) is 14.0 Å². The number of hydrogen-bond donors (Lipinski definition) is 0. The second kappa shape index (κ2) is 6.34. The molecule has 1 heterocycles. The maximum absolute atomic E-state index is 13.1. The lowest BCUT2D eigenvalue weighted by molar-refractivity contribution is 0.0523. The first-order chi connectivity index (χ1) is 10.0. The number of benzene rings is 1. The maximum Gasteiger partial charge on any atom is 0.341 e. The van der Waals surface area contributed by atoms with E-state index in [1.807, 2.05) is 0 Å². The summed E-state index contributed by atoms with van der Waals surface area (Å²) in [7, 11) is 1.63. The van der Waals surface area contributed by atoms with E-state index in [1.165, 1.54) is 10.9 Å². The van der Waals surface area contributed by atoms with Gasteiger partial charge in [-0.2, -0.15) is 5.10 Å². The first-order valence-electron chi connectivity index (χ1n) is 6.28. The van der Waals surface area contributed by atoms with Crippen LogP contribution in [0.15, 0.2) is 24.4 Å². The standard InChI is InChI=1S/C14H14F2N2O3/c1-3-20-14(19)12-7-17-18(2)13(12)8-21-11-5-9(15)4-10(16)6-11/h4-7H,3,8H2,1-2H3. The van der Waals surface area contributed by atoms with Gasteiger partial charge in [-0.05, 0) is 6.92 Å². The average molecular weight is 296 g/mol. The predicted octanol–water partition coefficient (Wildman–Crippen LogP) is 2.45. The Morgan fingerprint density at radius 2 is 1.95 bits per heavy atom. The maximum atomic E-state index is 13.1. The summed E-state index contributed by atoms with van der Waals surface area (Å²) in [4.78, 5) is 11.7. The fourth-order valence-electron chi connectivity index (χ4n) is 1.78. The summed E-state index contributed by atoms with van der Waals surface area (Å²) in [6, 6.07) is 2.87. The third-order valence-corrected chi connectivity index (χ3v) is 2.77. The molecule has 1 aromatic heterocycles. The molecule has 0 amide bonds. The molecule has 2 aromatic rings. The molecule has 0 aliphatic rings. The molecule has 0 N–H and O–H groups in total. The van der Waals surface area contributed by atoms with Gasteiger partial charge in [0.2, 0.25) is 0 Å². The molecular formula is C14H14F2N2O3. The highest BCUT2D eigenvalue weighted by atomic mass is 19.1. The summed E-state index contributed by atoms with van der Waals surface area (Å²) in [6.07, 6.45) is 1.36. The summed E-state index contributed by atoms with van der Waals surface area (Å²) in [5, 5.41) is 3.95. The number of hydrogen-bond acceptors (Lipinski definition) is 4. The third kappa shape index (κ3) is 3.56. The van der Waals surface area contributed by atoms with Crippen LogP contribution >= 0.6 is 0 Å². The van der Waals surface area contributed by atoms with Crippen molar-refractivity contribution in [2.75, 3.05) is 6.61 Å². The van der Waals surface area contributed by atoms with Gasteiger partial charge in [0, 0.05) is 25.2 Å². The van der Waals surface area contributed by atoms with Crippen LogP contribution in [0.2, 0.25) is 0 Å². The van der Waals surface area contributed by atoms with Gasteiger partial charge in [-0.15, -0.1) is 0 Å². The largest absolute Gasteiger partial charge is 0.487 e. The Bertz CT molecular complexity index is 635. The lowest BCUT2D eigenvalue weighted by atomic mass is 10.2. The Kier molecular flexibility index (Phi) is 4.52. The number of nitrogens with zero attached hydrogens (tertiary/aromatic N) is 2. The van der Waals surface area contributed by atoms with E-state index in [0.29, 0.717) is 5.69 Å². The molecule has 0 aliphatic heterocycles. The summed E-state index contributed by atoms with van der Waals surface area (Å²) in [5.74, 6) is -1.96. The molecule has 0 radical (unpaired) electrons. The minimum Gasteiger partial charge on any atom is -0.487 e. The number of rotatable bonds is 5. The van der Waals surface area contributed by atoms with Crippen molar-refractivity contribution in [1.29, 1.82) is 0 Å². The van der Waals surface area contributed by atoms with Crippen molar-refractivity contribution in [3.05, 3.63) is 47.3 Å². The van der Waals surface area contributed by atoms with E-state index >= 15 is 0 Å². The van der Waals surface area contributed by atoms with Crippen LogP contribution in [-0.4, -0.2) is 22.4 Å². The van der Waals surface area contributed by atoms with Crippen molar-refractivity contribution >= 4 is 5.97 Å². The van der Waals surface area contributed by atoms with Crippen LogP contribution in [0.3, 0.4) is 0 Å². The molecule has 0 atom stereocenters. The Labute approximate surface area is 120 Å². The molecule has 0 aliphatic carbocycles. The van der Waals surface area contributed by atoms with Crippen LogP contribution < -0.4 is 4.74 Å². The molecule has 0 unspecified atom stereocenters. The van der Waals surface area contributed by atoms with Gasteiger partial charge in [-0.1, -0.05) is 0 Å². The van der Waals surface area contributed by atoms with E-state index in [9.17, 15) is 13.6 Å². The summed E-state index contributed by atoms with van der Waals surface area (Å²) < 4.78 is 37.8. The molecule has 5 nitrogen and oxygen atoms in total. The summed E-state index contributed by atoms with van der Waals surface area (Å²) >= 11 is 0. The molecule has 21 heavy (non-hydrogen) atoms. The fraction of sp³-hybridized carbons (Fsp3) is 0.286. The molecular weight excluding hydrogens is 282 g/mol. The van der Waals surface area contributed by atoms with Crippen LogP contribution in [0, 0.1) is 11.6 Å². The van der Waals surface area contributed by atoms with Crippen LogP contribution in [0.5, 0.6) is 5.75 Å². The Hall–Kier alpha value is -2.44. The molecule has 0 bridgehead atoms. The lowest BCUT2D eigenvalue weighted by Gasteiger charge is -2.09. The number of esters is 1. The van der Waals surface area contributed by atoms with Gasteiger partial charge < -0.3 is 9.47 Å². The molecule has 0 saturated heterocycles. The number of ether oxygens (including phenoxy) is 2. The zero-order chi connectivity index (χ0) is 15.4. The highest BCUT2D eigenvalue weighted by Crippen LogP contribution is 2.18. The van der Waals surface area contributed by atoms with Crippen molar-refractivity contribution in [1.82, 2.24) is 9.78 Å². The van der Waals surface area contributed by atoms with E-state index in [2.05, 4.69) is 5.10 Å². The fourth-order valence-corrected chi connectivity index (χ4v) is 1.78. The van der Waals surface area contributed by atoms with Crippen molar-refractivity contribution in [2.45, 2.75) is 13.5 Å².